The Bertz CT molecular complexity index is 59.6. The number of aliphatic hydroxyl groups is 1. The Morgan fingerprint density at radius 1 is 1.22 bits per heavy atom. The maximum absolute atomic E-state index is 9.11. The number of hydrogen-bond donors (Lipinski definition) is 1. The average Bonchev–Trinajstić information content (AvgIpc) is 1.83. The Balaban J connectivity index is 3.06. The molecule has 0 aromatic rings. The van der Waals surface area contributed by atoms with Gasteiger partial charge in [-0.25, -0.2) is 0 Å². The molecule has 0 aromatic carbocycles. The Morgan fingerprint density at radius 2 is 1.78 bits per heavy atom. The summed E-state index contributed by atoms with van der Waals surface area (Å²) in [5.74, 6) is 0.728. The van der Waals surface area contributed by atoms with E-state index in [9.17, 15) is 0 Å². The van der Waals surface area contributed by atoms with Gasteiger partial charge in [0.15, 0.2) is 0 Å². The van der Waals surface area contributed by atoms with E-state index in [0.717, 1.165) is 25.2 Å². The third kappa shape index (κ3) is 5.84. The molecule has 0 radical (unpaired) electrons. The maximum Gasteiger partial charge on any atom is 0.0537 e. The molecule has 9 heavy (non-hydrogen) atoms. The second kappa shape index (κ2) is 4.80. The fourth-order valence-corrected chi connectivity index (χ4v) is 0.730. The Labute approximate surface area is 58.1 Å². The molecule has 0 aliphatic rings. The van der Waals surface area contributed by atoms with Gasteiger partial charge in [0.2, 0.25) is 0 Å². The summed E-state index contributed by atoms with van der Waals surface area (Å²) in [5, 5.41) is 9.11. The molecular formula is C8H18O. The molecule has 1 nitrogen and oxygen atoms in total. The Hall–Kier alpha value is -0.0400. The van der Waals surface area contributed by atoms with E-state index in [1.54, 1.807) is 0 Å². The van der Waals surface area contributed by atoms with Gasteiger partial charge in [0.1, 0.15) is 0 Å². The molecule has 0 spiro atoms. The number of aliphatic hydroxyl groups excluding tert-OH is 1. The molecule has 0 rings (SSSR count). The van der Waals surface area contributed by atoms with Crippen molar-refractivity contribution < 1.29 is 5.11 Å². The first kappa shape index (κ1) is 8.96. The maximum atomic E-state index is 9.11. The van der Waals surface area contributed by atoms with Crippen LogP contribution in [0.3, 0.4) is 0 Å². The highest BCUT2D eigenvalue weighted by Crippen LogP contribution is 2.07. The van der Waals surface area contributed by atoms with Gasteiger partial charge in [-0.05, 0) is 25.2 Å². The molecule has 1 atom stereocenters. The smallest absolute Gasteiger partial charge is 0.0537 e. The highest BCUT2D eigenvalue weighted by Gasteiger charge is 2.00. The second-order valence-electron chi connectivity index (χ2n) is 3.03. The van der Waals surface area contributed by atoms with E-state index in [-0.39, 0.29) is 6.10 Å². The van der Waals surface area contributed by atoms with Crippen LogP contribution in [0.2, 0.25) is 0 Å². The quantitative estimate of drug-likeness (QED) is 0.618. The van der Waals surface area contributed by atoms with Crippen LogP contribution in [0.4, 0.5) is 0 Å². The molecule has 0 saturated heterocycles. The monoisotopic (exact) mass is 130 g/mol. The summed E-state index contributed by atoms with van der Waals surface area (Å²) >= 11 is 0. The van der Waals surface area contributed by atoms with E-state index >= 15 is 0 Å². The predicted octanol–water partition coefficient (Wildman–Crippen LogP) is 2.19. The molecular weight excluding hydrogens is 112 g/mol. The summed E-state index contributed by atoms with van der Waals surface area (Å²) in [6, 6.07) is 0. The van der Waals surface area contributed by atoms with Gasteiger partial charge in [-0.2, -0.15) is 0 Å². The minimum Gasteiger partial charge on any atom is -0.393 e. The Kier molecular flexibility index (Phi) is 4.78. The third-order valence-corrected chi connectivity index (χ3v) is 1.55. The zero-order valence-corrected chi connectivity index (χ0v) is 6.72. The lowest BCUT2D eigenvalue weighted by Crippen LogP contribution is -2.05. The average molecular weight is 130 g/mol. The van der Waals surface area contributed by atoms with E-state index in [4.69, 9.17) is 5.11 Å². The minimum absolute atomic E-state index is 0.0626. The van der Waals surface area contributed by atoms with E-state index in [2.05, 4.69) is 13.8 Å². The van der Waals surface area contributed by atoms with Gasteiger partial charge in [-0.15, -0.1) is 0 Å². The van der Waals surface area contributed by atoms with Crippen molar-refractivity contribution >= 4 is 0 Å². The molecule has 1 unspecified atom stereocenters. The van der Waals surface area contributed by atoms with Crippen LogP contribution in [0, 0.1) is 5.92 Å². The molecule has 0 aliphatic heterocycles. The van der Waals surface area contributed by atoms with Gasteiger partial charge in [-0.3, -0.25) is 0 Å². The standard InChI is InChI=1S/C8H18O/c1-4-8(9)6-5-7(2)3/h7-9H,4-6H2,1-3H3. The van der Waals surface area contributed by atoms with Crippen molar-refractivity contribution in [3.63, 3.8) is 0 Å². The van der Waals surface area contributed by atoms with E-state index in [1.807, 2.05) is 6.92 Å². The van der Waals surface area contributed by atoms with Crippen molar-refractivity contribution in [2.24, 2.45) is 5.92 Å². The molecule has 0 fully saturated rings. The molecule has 0 bridgehead atoms. The first-order valence-electron chi connectivity index (χ1n) is 3.84. The summed E-state index contributed by atoms with van der Waals surface area (Å²) in [5.41, 5.74) is 0. The van der Waals surface area contributed by atoms with Crippen molar-refractivity contribution in [1.29, 1.82) is 0 Å². The van der Waals surface area contributed by atoms with E-state index in [1.165, 1.54) is 0 Å². The van der Waals surface area contributed by atoms with Crippen molar-refractivity contribution in [2.75, 3.05) is 0 Å². The lowest BCUT2D eigenvalue weighted by molar-refractivity contribution is 0.152. The highest BCUT2D eigenvalue weighted by molar-refractivity contribution is 4.53. The van der Waals surface area contributed by atoms with Gasteiger partial charge >= 0.3 is 0 Å². The molecule has 0 heterocycles. The van der Waals surface area contributed by atoms with E-state index < -0.39 is 0 Å². The topological polar surface area (TPSA) is 20.2 Å². The number of hydrogen-bond acceptors (Lipinski definition) is 1. The van der Waals surface area contributed by atoms with Crippen LogP contribution in [0.5, 0.6) is 0 Å². The van der Waals surface area contributed by atoms with Crippen LogP contribution in [0.25, 0.3) is 0 Å². The van der Waals surface area contributed by atoms with Gasteiger partial charge in [0.05, 0.1) is 6.10 Å². The second-order valence-corrected chi connectivity index (χ2v) is 3.03. The summed E-state index contributed by atoms with van der Waals surface area (Å²) < 4.78 is 0. The Morgan fingerprint density at radius 3 is 2.11 bits per heavy atom. The van der Waals surface area contributed by atoms with Crippen molar-refractivity contribution in [3.8, 4) is 0 Å². The molecule has 0 saturated carbocycles. The largest absolute Gasteiger partial charge is 0.393 e. The summed E-state index contributed by atoms with van der Waals surface area (Å²) in [6.45, 7) is 6.38. The molecule has 0 aromatic heterocycles. The zero-order valence-electron chi connectivity index (χ0n) is 6.72. The lowest BCUT2D eigenvalue weighted by atomic mass is 10.0. The van der Waals surface area contributed by atoms with Gasteiger partial charge < -0.3 is 5.11 Å². The van der Waals surface area contributed by atoms with E-state index in [0.29, 0.717) is 0 Å². The van der Waals surface area contributed by atoms with Gasteiger partial charge in [0.25, 0.3) is 0 Å². The van der Waals surface area contributed by atoms with Gasteiger partial charge in [-0.1, -0.05) is 20.8 Å². The summed E-state index contributed by atoms with van der Waals surface area (Å²) in [4.78, 5) is 0. The SMILES string of the molecule is CCC(O)CCC(C)C. The van der Waals surface area contributed by atoms with Crippen LogP contribution in [0.15, 0.2) is 0 Å². The summed E-state index contributed by atoms with van der Waals surface area (Å²) in [6.07, 6.45) is 2.95. The fraction of sp³-hybridized carbons (Fsp3) is 1.00. The van der Waals surface area contributed by atoms with Gasteiger partial charge in [0, 0.05) is 0 Å². The van der Waals surface area contributed by atoms with Crippen molar-refractivity contribution in [3.05, 3.63) is 0 Å². The normalized spacial score (nSPS) is 14.3. The third-order valence-electron chi connectivity index (χ3n) is 1.55. The number of rotatable bonds is 4. The lowest BCUT2D eigenvalue weighted by Gasteiger charge is -2.08. The predicted molar refractivity (Wildman–Crippen MR) is 40.4 cm³/mol. The molecule has 56 valence electrons. The molecule has 1 heteroatoms. The van der Waals surface area contributed by atoms with Crippen molar-refractivity contribution in [1.82, 2.24) is 0 Å². The summed E-state index contributed by atoms with van der Waals surface area (Å²) in [7, 11) is 0. The van der Waals surface area contributed by atoms with Crippen LogP contribution >= 0.6 is 0 Å². The first-order chi connectivity index (χ1) is 4.16. The zero-order chi connectivity index (χ0) is 7.28. The van der Waals surface area contributed by atoms with Crippen LogP contribution in [-0.4, -0.2) is 11.2 Å². The van der Waals surface area contributed by atoms with Crippen LogP contribution in [0.1, 0.15) is 40.0 Å². The fourth-order valence-electron chi connectivity index (χ4n) is 0.730. The minimum atomic E-state index is -0.0626. The van der Waals surface area contributed by atoms with Crippen molar-refractivity contribution in [2.45, 2.75) is 46.1 Å². The first-order valence-corrected chi connectivity index (χ1v) is 3.84. The molecule has 0 amide bonds. The molecule has 0 aliphatic carbocycles. The highest BCUT2D eigenvalue weighted by atomic mass is 16.3. The molecule has 1 N–H and O–H groups in total. The van der Waals surface area contributed by atoms with Crippen LogP contribution in [-0.2, 0) is 0 Å². The van der Waals surface area contributed by atoms with Crippen LogP contribution < -0.4 is 0 Å².